The summed E-state index contributed by atoms with van der Waals surface area (Å²) in [5, 5.41) is 1.35. The number of halogens is 2. The summed E-state index contributed by atoms with van der Waals surface area (Å²) in [6, 6.07) is 16.6. The van der Waals surface area contributed by atoms with Crippen LogP contribution < -0.4 is 0 Å². The van der Waals surface area contributed by atoms with Crippen molar-refractivity contribution in [3.05, 3.63) is 76.0 Å². The lowest BCUT2D eigenvalue weighted by Crippen LogP contribution is -1.94. The van der Waals surface area contributed by atoms with Crippen LogP contribution in [0.4, 0.5) is 0 Å². The highest BCUT2D eigenvalue weighted by atomic mass is 35.5. The molecule has 0 radical (unpaired) electrons. The maximum atomic E-state index is 6.61. The van der Waals surface area contributed by atoms with Gasteiger partial charge in [0, 0.05) is 33.7 Å². The van der Waals surface area contributed by atoms with E-state index in [0.717, 1.165) is 33.9 Å². The predicted molar refractivity (Wildman–Crippen MR) is 126 cm³/mol. The van der Waals surface area contributed by atoms with Crippen molar-refractivity contribution in [2.24, 2.45) is 0 Å². The molecule has 1 heterocycles. The van der Waals surface area contributed by atoms with Gasteiger partial charge in [-0.15, -0.1) is 23.5 Å². The number of aromatic nitrogens is 1. The van der Waals surface area contributed by atoms with Gasteiger partial charge >= 0.3 is 0 Å². The molecule has 146 valence electrons. The molecule has 0 unspecified atom stereocenters. The summed E-state index contributed by atoms with van der Waals surface area (Å²) in [7, 11) is 0. The zero-order valence-corrected chi connectivity index (χ0v) is 19.2. The third-order valence-corrected chi connectivity index (χ3v) is 6.89. The van der Waals surface area contributed by atoms with Crippen LogP contribution in [0, 0.1) is 0 Å². The summed E-state index contributed by atoms with van der Waals surface area (Å²) in [4.78, 5) is 7.02. The zero-order chi connectivity index (χ0) is 19.9. The van der Waals surface area contributed by atoms with Crippen LogP contribution in [0.2, 0.25) is 10.0 Å². The molecule has 0 bridgehead atoms. The molecular formula is C23H23Cl2NS2. The van der Waals surface area contributed by atoms with Gasteiger partial charge in [-0.1, -0.05) is 49.2 Å². The van der Waals surface area contributed by atoms with Crippen LogP contribution in [0.25, 0.3) is 11.1 Å². The summed E-state index contributed by atoms with van der Waals surface area (Å²) in [6.45, 7) is 4.33. The fraction of sp³-hybridized carbons (Fsp3) is 0.261. The molecular weight excluding hydrogens is 425 g/mol. The van der Waals surface area contributed by atoms with E-state index >= 15 is 0 Å². The molecule has 0 fully saturated rings. The van der Waals surface area contributed by atoms with Gasteiger partial charge in [-0.25, -0.2) is 0 Å². The van der Waals surface area contributed by atoms with Crippen LogP contribution >= 0.6 is 46.7 Å². The van der Waals surface area contributed by atoms with E-state index in [1.807, 2.05) is 30.1 Å². The average molecular weight is 448 g/mol. The van der Waals surface area contributed by atoms with Gasteiger partial charge in [0.2, 0.25) is 0 Å². The molecule has 0 atom stereocenters. The fourth-order valence-electron chi connectivity index (χ4n) is 2.92. The Labute approximate surface area is 186 Å². The highest BCUT2D eigenvalue weighted by Gasteiger charge is 2.12. The van der Waals surface area contributed by atoms with Gasteiger partial charge in [-0.2, -0.15) is 0 Å². The molecule has 0 saturated heterocycles. The SMILES string of the molecule is CCCSc1ccc(-c2c(Cl)cc(Cc3ccc(SCC)cn3)cc2Cl)cc1. The predicted octanol–water partition coefficient (Wildman–Crippen LogP) is 8.26. The Morgan fingerprint density at radius 3 is 2.11 bits per heavy atom. The molecule has 28 heavy (non-hydrogen) atoms. The van der Waals surface area contributed by atoms with Crippen LogP contribution in [-0.4, -0.2) is 16.5 Å². The van der Waals surface area contributed by atoms with E-state index in [1.54, 1.807) is 11.8 Å². The lowest BCUT2D eigenvalue weighted by atomic mass is 10.0. The number of nitrogens with zero attached hydrogens (tertiary/aromatic N) is 1. The van der Waals surface area contributed by atoms with Crippen molar-refractivity contribution >= 4 is 46.7 Å². The van der Waals surface area contributed by atoms with E-state index in [0.29, 0.717) is 16.5 Å². The van der Waals surface area contributed by atoms with Crippen LogP contribution in [0.3, 0.4) is 0 Å². The van der Waals surface area contributed by atoms with Crippen LogP contribution in [0.1, 0.15) is 31.5 Å². The normalized spacial score (nSPS) is 11.0. The maximum Gasteiger partial charge on any atom is 0.0502 e. The molecule has 0 amide bonds. The smallest absolute Gasteiger partial charge is 0.0502 e. The second-order valence-electron chi connectivity index (χ2n) is 6.40. The van der Waals surface area contributed by atoms with E-state index in [2.05, 4.69) is 55.2 Å². The second-order valence-corrected chi connectivity index (χ2v) is 9.72. The van der Waals surface area contributed by atoms with E-state index < -0.39 is 0 Å². The molecule has 0 aliphatic heterocycles. The van der Waals surface area contributed by atoms with Crippen LogP contribution in [-0.2, 0) is 6.42 Å². The van der Waals surface area contributed by atoms with E-state index in [1.165, 1.54) is 16.2 Å². The Bertz CT molecular complexity index is 886. The van der Waals surface area contributed by atoms with Crippen molar-refractivity contribution in [1.82, 2.24) is 4.98 Å². The Morgan fingerprint density at radius 1 is 0.857 bits per heavy atom. The largest absolute Gasteiger partial charge is 0.260 e. The maximum absolute atomic E-state index is 6.61. The highest BCUT2D eigenvalue weighted by Crippen LogP contribution is 2.37. The third kappa shape index (κ3) is 5.70. The second kappa shape index (κ2) is 10.6. The Morgan fingerprint density at radius 2 is 1.54 bits per heavy atom. The molecule has 3 rings (SSSR count). The number of hydrogen-bond donors (Lipinski definition) is 0. The Kier molecular flexibility index (Phi) is 8.16. The molecule has 0 N–H and O–H groups in total. The Hall–Kier alpha value is -1.13. The lowest BCUT2D eigenvalue weighted by molar-refractivity contribution is 1.05. The van der Waals surface area contributed by atoms with Gasteiger partial charge in [-0.05, 0) is 65.5 Å². The molecule has 1 aromatic heterocycles. The fourth-order valence-corrected chi connectivity index (χ4v) is 5.06. The zero-order valence-electron chi connectivity index (χ0n) is 16.0. The van der Waals surface area contributed by atoms with Gasteiger partial charge in [-0.3, -0.25) is 4.98 Å². The first kappa shape index (κ1) is 21.6. The monoisotopic (exact) mass is 447 g/mol. The number of benzene rings is 2. The van der Waals surface area contributed by atoms with Crippen molar-refractivity contribution in [1.29, 1.82) is 0 Å². The Balaban J connectivity index is 1.78. The highest BCUT2D eigenvalue weighted by molar-refractivity contribution is 7.99. The molecule has 0 aliphatic carbocycles. The summed E-state index contributed by atoms with van der Waals surface area (Å²) in [5.74, 6) is 2.17. The van der Waals surface area contributed by atoms with Gasteiger partial charge in [0.1, 0.15) is 0 Å². The molecule has 1 nitrogen and oxygen atoms in total. The third-order valence-electron chi connectivity index (χ3n) is 4.21. The van der Waals surface area contributed by atoms with Crippen molar-refractivity contribution < 1.29 is 0 Å². The molecule has 5 heteroatoms. The molecule has 0 aliphatic rings. The number of thioether (sulfide) groups is 2. The molecule has 2 aromatic carbocycles. The van der Waals surface area contributed by atoms with E-state index in [-0.39, 0.29) is 0 Å². The van der Waals surface area contributed by atoms with Crippen LogP contribution in [0.15, 0.2) is 64.5 Å². The van der Waals surface area contributed by atoms with Gasteiger partial charge in [0.15, 0.2) is 0 Å². The van der Waals surface area contributed by atoms with Crippen molar-refractivity contribution in [2.75, 3.05) is 11.5 Å². The number of rotatable bonds is 8. The first-order valence-corrected chi connectivity index (χ1v) is 12.1. The van der Waals surface area contributed by atoms with Gasteiger partial charge in [0.25, 0.3) is 0 Å². The molecule has 0 saturated carbocycles. The quantitative estimate of drug-likeness (QED) is 0.322. The molecule has 0 spiro atoms. The average Bonchev–Trinajstić information content (AvgIpc) is 2.68. The summed E-state index contributed by atoms with van der Waals surface area (Å²) in [5.41, 5.74) is 4.01. The van der Waals surface area contributed by atoms with Gasteiger partial charge < -0.3 is 0 Å². The van der Waals surface area contributed by atoms with Crippen molar-refractivity contribution in [3.63, 3.8) is 0 Å². The number of hydrogen-bond acceptors (Lipinski definition) is 3. The lowest BCUT2D eigenvalue weighted by Gasteiger charge is -2.11. The van der Waals surface area contributed by atoms with E-state index in [4.69, 9.17) is 23.2 Å². The summed E-state index contributed by atoms with van der Waals surface area (Å²) >= 11 is 16.9. The number of pyridine rings is 1. The van der Waals surface area contributed by atoms with Crippen LogP contribution in [0.5, 0.6) is 0 Å². The van der Waals surface area contributed by atoms with E-state index in [9.17, 15) is 0 Å². The minimum absolute atomic E-state index is 0.676. The minimum atomic E-state index is 0.676. The molecule has 3 aromatic rings. The summed E-state index contributed by atoms with van der Waals surface area (Å²) < 4.78 is 0. The van der Waals surface area contributed by atoms with Crippen molar-refractivity contribution in [2.45, 2.75) is 36.5 Å². The topological polar surface area (TPSA) is 12.9 Å². The minimum Gasteiger partial charge on any atom is -0.260 e. The summed E-state index contributed by atoms with van der Waals surface area (Å²) in [6.07, 6.45) is 3.81. The van der Waals surface area contributed by atoms with Crippen molar-refractivity contribution in [3.8, 4) is 11.1 Å². The first-order valence-electron chi connectivity index (χ1n) is 9.39. The standard InChI is InChI=1S/C23H23Cl2NS2/c1-3-11-28-19-8-5-17(6-9-19)23-21(24)13-16(14-22(23)25)12-18-7-10-20(15-26-18)27-4-2/h5-10,13-15H,3-4,11-12H2,1-2H3. The van der Waals surface area contributed by atoms with Gasteiger partial charge in [0.05, 0.1) is 10.0 Å². The first-order chi connectivity index (χ1) is 13.6.